The molecule has 0 amide bonds. The molecule has 2 N–H and O–H groups in total. The van der Waals surface area contributed by atoms with Crippen molar-refractivity contribution >= 4 is 10.0 Å². The van der Waals surface area contributed by atoms with Crippen LogP contribution in [0.25, 0.3) is 0 Å². The van der Waals surface area contributed by atoms with Crippen molar-refractivity contribution in [2.75, 3.05) is 13.2 Å². The van der Waals surface area contributed by atoms with Gasteiger partial charge in [-0.2, -0.15) is 0 Å². The van der Waals surface area contributed by atoms with Crippen LogP contribution in [0.1, 0.15) is 22.3 Å². The van der Waals surface area contributed by atoms with Gasteiger partial charge in [0.1, 0.15) is 0 Å². The van der Waals surface area contributed by atoms with Gasteiger partial charge in [-0.25, -0.2) is 13.1 Å². The maximum Gasteiger partial charge on any atom is 0.240 e. The van der Waals surface area contributed by atoms with Crippen LogP contribution in [0.15, 0.2) is 11.0 Å². The number of hydrogen-bond acceptors (Lipinski definition) is 3. The van der Waals surface area contributed by atoms with Gasteiger partial charge in [-0.3, -0.25) is 0 Å². The smallest absolute Gasteiger partial charge is 0.240 e. The Hall–Kier alpha value is -0.910. The largest absolute Gasteiger partial charge is 0.395 e. The molecule has 0 spiro atoms. The number of benzene rings is 1. The van der Waals surface area contributed by atoms with Crippen LogP contribution in [-0.4, -0.2) is 26.7 Å². The lowest BCUT2D eigenvalue weighted by Gasteiger charge is -2.14. The number of rotatable bonds is 4. The Balaban J connectivity index is 3.33. The molecule has 0 saturated carbocycles. The fraction of sp³-hybridized carbons (Fsp3) is 0.500. The van der Waals surface area contributed by atoms with E-state index in [1.54, 1.807) is 13.0 Å². The molecule has 4 nitrogen and oxygen atoms in total. The van der Waals surface area contributed by atoms with Gasteiger partial charge in [0.25, 0.3) is 0 Å². The highest BCUT2D eigenvalue weighted by Crippen LogP contribution is 2.24. The van der Waals surface area contributed by atoms with E-state index in [1.165, 1.54) is 0 Å². The predicted octanol–water partition coefficient (Wildman–Crippen LogP) is 1.19. The van der Waals surface area contributed by atoms with E-state index in [4.69, 9.17) is 5.11 Å². The molecule has 0 heterocycles. The summed E-state index contributed by atoms with van der Waals surface area (Å²) in [6, 6.07) is 1.68. The first kappa shape index (κ1) is 14.2. The van der Waals surface area contributed by atoms with Gasteiger partial charge in [0, 0.05) is 6.54 Å². The summed E-state index contributed by atoms with van der Waals surface area (Å²) in [5.41, 5.74) is 3.83. The molecule has 0 bridgehead atoms. The lowest BCUT2D eigenvalue weighted by atomic mass is 10.00. The van der Waals surface area contributed by atoms with E-state index in [9.17, 15) is 8.42 Å². The Kier molecular flexibility index (Phi) is 4.30. The highest BCUT2D eigenvalue weighted by atomic mass is 32.2. The minimum absolute atomic E-state index is 0.0355. The zero-order chi connectivity index (χ0) is 13.2. The summed E-state index contributed by atoms with van der Waals surface area (Å²) in [4.78, 5) is 0.298. The van der Waals surface area contributed by atoms with E-state index < -0.39 is 10.0 Å². The average molecular weight is 257 g/mol. The summed E-state index contributed by atoms with van der Waals surface area (Å²) in [7, 11) is -3.52. The number of sulfonamides is 1. The second-order valence-electron chi connectivity index (χ2n) is 4.19. The maximum atomic E-state index is 12.0. The summed E-state index contributed by atoms with van der Waals surface area (Å²) < 4.78 is 26.4. The second kappa shape index (κ2) is 5.16. The first-order valence-electron chi connectivity index (χ1n) is 5.49. The van der Waals surface area contributed by atoms with Crippen LogP contribution < -0.4 is 4.72 Å². The van der Waals surface area contributed by atoms with Crippen LogP contribution in [0.2, 0.25) is 0 Å². The van der Waals surface area contributed by atoms with Crippen LogP contribution in [0.4, 0.5) is 0 Å². The fourth-order valence-electron chi connectivity index (χ4n) is 1.71. The molecule has 1 rings (SSSR count). The normalized spacial score (nSPS) is 11.8. The van der Waals surface area contributed by atoms with Crippen LogP contribution in [-0.2, 0) is 10.0 Å². The molecule has 0 aromatic heterocycles. The van der Waals surface area contributed by atoms with Gasteiger partial charge in [0.05, 0.1) is 11.5 Å². The molecule has 0 unspecified atom stereocenters. The molecule has 1 aromatic carbocycles. The predicted molar refractivity (Wildman–Crippen MR) is 67.7 cm³/mol. The van der Waals surface area contributed by atoms with Crippen molar-refractivity contribution in [3.8, 4) is 0 Å². The molecular formula is C12H19NO3S. The zero-order valence-corrected chi connectivity index (χ0v) is 11.5. The molecule has 17 heavy (non-hydrogen) atoms. The van der Waals surface area contributed by atoms with E-state index in [2.05, 4.69) is 4.72 Å². The van der Waals surface area contributed by atoms with E-state index in [0.29, 0.717) is 4.90 Å². The number of aliphatic hydroxyl groups is 1. The number of aryl methyl sites for hydroxylation is 1. The molecule has 0 aliphatic rings. The molecular weight excluding hydrogens is 238 g/mol. The van der Waals surface area contributed by atoms with E-state index in [-0.39, 0.29) is 13.2 Å². The molecule has 0 fully saturated rings. The zero-order valence-electron chi connectivity index (χ0n) is 10.7. The van der Waals surface area contributed by atoms with Crippen molar-refractivity contribution in [1.82, 2.24) is 4.72 Å². The molecule has 5 heteroatoms. The van der Waals surface area contributed by atoms with Crippen LogP contribution in [0.5, 0.6) is 0 Å². The minimum atomic E-state index is -3.52. The monoisotopic (exact) mass is 257 g/mol. The lowest BCUT2D eigenvalue weighted by Crippen LogP contribution is -2.27. The number of aliphatic hydroxyl groups excluding tert-OH is 1. The SMILES string of the molecule is Cc1cc(S(=O)(=O)NCCO)c(C)c(C)c1C. The molecule has 1 aromatic rings. The molecule has 0 aliphatic heterocycles. The van der Waals surface area contributed by atoms with Gasteiger partial charge >= 0.3 is 0 Å². The Morgan fingerprint density at radius 1 is 1.12 bits per heavy atom. The second-order valence-corrected chi connectivity index (χ2v) is 5.92. The van der Waals surface area contributed by atoms with Crippen molar-refractivity contribution < 1.29 is 13.5 Å². The van der Waals surface area contributed by atoms with Crippen molar-refractivity contribution in [2.24, 2.45) is 0 Å². The Morgan fingerprint density at radius 3 is 2.24 bits per heavy atom. The quantitative estimate of drug-likeness (QED) is 0.851. The molecule has 0 saturated heterocycles. The summed E-state index contributed by atoms with van der Waals surface area (Å²) >= 11 is 0. The van der Waals surface area contributed by atoms with Gasteiger partial charge in [0.15, 0.2) is 0 Å². The summed E-state index contributed by atoms with van der Waals surface area (Å²) in [5.74, 6) is 0. The van der Waals surface area contributed by atoms with E-state index in [0.717, 1.165) is 22.3 Å². The third kappa shape index (κ3) is 2.86. The van der Waals surface area contributed by atoms with Crippen molar-refractivity contribution in [3.05, 3.63) is 28.3 Å². The number of nitrogens with one attached hydrogen (secondary N) is 1. The van der Waals surface area contributed by atoms with Crippen molar-refractivity contribution in [3.63, 3.8) is 0 Å². The van der Waals surface area contributed by atoms with E-state index >= 15 is 0 Å². The fourth-order valence-corrected chi connectivity index (χ4v) is 3.12. The van der Waals surface area contributed by atoms with E-state index in [1.807, 2.05) is 20.8 Å². The van der Waals surface area contributed by atoms with Crippen molar-refractivity contribution in [1.29, 1.82) is 0 Å². The van der Waals surface area contributed by atoms with Gasteiger partial charge < -0.3 is 5.11 Å². The van der Waals surface area contributed by atoms with Crippen molar-refractivity contribution in [2.45, 2.75) is 32.6 Å². The Labute approximate surface area is 103 Å². The van der Waals surface area contributed by atoms with Crippen LogP contribution >= 0.6 is 0 Å². The maximum absolute atomic E-state index is 12.0. The van der Waals surface area contributed by atoms with Crippen LogP contribution in [0, 0.1) is 27.7 Å². The third-order valence-corrected chi connectivity index (χ3v) is 4.71. The standard InChI is InChI=1S/C12H19NO3S/c1-8-7-12(11(4)10(3)9(8)2)17(15,16)13-5-6-14/h7,13-14H,5-6H2,1-4H3. The summed E-state index contributed by atoms with van der Waals surface area (Å²) in [5, 5.41) is 8.67. The molecule has 96 valence electrons. The molecule has 0 aliphatic carbocycles. The number of hydrogen-bond donors (Lipinski definition) is 2. The summed E-state index contributed by atoms with van der Waals surface area (Å²) in [6.07, 6.45) is 0. The van der Waals surface area contributed by atoms with Gasteiger partial charge in [-0.15, -0.1) is 0 Å². The topological polar surface area (TPSA) is 66.4 Å². The highest BCUT2D eigenvalue weighted by Gasteiger charge is 2.19. The Morgan fingerprint density at radius 2 is 1.71 bits per heavy atom. The minimum Gasteiger partial charge on any atom is -0.395 e. The third-order valence-electron chi connectivity index (χ3n) is 3.13. The first-order chi connectivity index (χ1) is 7.81. The molecule has 0 atom stereocenters. The highest BCUT2D eigenvalue weighted by molar-refractivity contribution is 7.89. The average Bonchev–Trinajstić information content (AvgIpc) is 2.28. The first-order valence-corrected chi connectivity index (χ1v) is 6.97. The van der Waals surface area contributed by atoms with Gasteiger partial charge in [0.2, 0.25) is 10.0 Å². The van der Waals surface area contributed by atoms with Crippen LogP contribution in [0.3, 0.4) is 0 Å². The summed E-state index contributed by atoms with van der Waals surface area (Å²) in [6.45, 7) is 7.43. The molecule has 0 radical (unpaired) electrons. The lowest BCUT2D eigenvalue weighted by molar-refractivity contribution is 0.301. The van der Waals surface area contributed by atoms with Gasteiger partial charge in [-0.05, 0) is 56.0 Å². The Bertz CT molecular complexity index is 521. The van der Waals surface area contributed by atoms with Gasteiger partial charge in [-0.1, -0.05) is 0 Å².